The van der Waals surface area contributed by atoms with E-state index in [1.165, 1.54) is 0 Å². The molecule has 3 heteroatoms. The van der Waals surface area contributed by atoms with Crippen molar-refractivity contribution in [3.05, 3.63) is 28.8 Å². The van der Waals surface area contributed by atoms with Gasteiger partial charge in [-0.25, -0.2) is 0 Å². The minimum Gasteiger partial charge on any atom is -0.490 e. The molecule has 100 valence electrons. The zero-order valence-electron chi connectivity index (χ0n) is 11.6. The topological polar surface area (TPSA) is 21.3 Å². The Kier molecular flexibility index (Phi) is 3.88. The van der Waals surface area contributed by atoms with Crippen molar-refractivity contribution in [2.45, 2.75) is 46.3 Å². The summed E-state index contributed by atoms with van der Waals surface area (Å²) in [5.41, 5.74) is 1.25. The molecule has 0 radical (unpaired) electrons. The standard InChI is InChI=1S/C15H22ClNO/c1-5-17-13-9-14(15(13,3)4)18-11-6-7-12(16)10(2)8-11/h6-8,13-14,17H,5,9H2,1-4H3. The molecule has 0 spiro atoms. The summed E-state index contributed by atoms with van der Waals surface area (Å²) in [6, 6.07) is 6.42. The average Bonchev–Trinajstić information content (AvgIpc) is 2.32. The number of ether oxygens (including phenoxy) is 1. The largest absolute Gasteiger partial charge is 0.490 e. The van der Waals surface area contributed by atoms with Crippen LogP contribution in [-0.2, 0) is 0 Å². The zero-order valence-corrected chi connectivity index (χ0v) is 12.3. The Hall–Kier alpha value is -0.730. The Bertz CT molecular complexity index is 431. The van der Waals surface area contributed by atoms with Crippen molar-refractivity contribution in [2.24, 2.45) is 5.41 Å². The summed E-state index contributed by atoms with van der Waals surface area (Å²) in [7, 11) is 0. The fraction of sp³-hybridized carbons (Fsp3) is 0.600. The minimum atomic E-state index is 0.184. The van der Waals surface area contributed by atoms with Crippen LogP contribution in [0.4, 0.5) is 0 Å². The van der Waals surface area contributed by atoms with Crippen LogP contribution in [0.2, 0.25) is 5.02 Å². The van der Waals surface area contributed by atoms with Gasteiger partial charge in [0.15, 0.2) is 0 Å². The van der Waals surface area contributed by atoms with Crippen molar-refractivity contribution in [3.8, 4) is 5.75 Å². The molecular weight excluding hydrogens is 246 g/mol. The van der Waals surface area contributed by atoms with Crippen molar-refractivity contribution >= 4 is 11.6 Å². The van der Waals surface area contributed by atoms with Crippen LogP contribution in [0.1, 0.15) is 32.8 Å². The first-order valence-electron chi connectivity index (χ1n) is 6.61. The highest BCUT2D eigenvalue weighted by molar-refractivity contribution is 6.31. The maximum atomic E-state index is 6.08. The molecular formula is C15H22ClNO. The molecule has 0 aliphatic heterocycles. The highest BCUT2D eigenvalue weighted by atomic mass is 35.5. The highest BCUT2D eigenvalue weighted by Gasteiger charge is 2.49. The van der Waals surface area contributed by atoms with Crippen molar-refractivity contribution in [1.29, 1.82) is 0 Å². The van der Waals surface area contributed by atoms with E-state index in [2.05, 4.69) is 26.1 Å². The summed E-state index contributed by atoms with van der Waals surface area (Å²) < 4.78 is 6.08. The van der Waals surface area contributed by atoms with Crippen LogP contribution in [0.25, 0.3) is 0 Å². The Labute approximate surface area is 115 Å². The fourth-order valence-corrected chi connectivity index (χ4v) is 2.65. The molecule has 1 N–H and O–H groups in total. The molecule has 0 bridgehead atoms. The molecule has 1 saturated carbocycles. The molecule has 18 heavy (non-hydrogen) atoms. The van der Waals surface area contributed by atoms with E-state index in [-0.39, 0.29) is 11.5 Å². The van der Waals surface area contributed by atoms with Gasteiger partial charge < -0.3 is 10.1 Å². The third-order valence-electron chi connectivity index (χ3n) is 4.04. The molecule has 0 saturated heterocycles. The van der Waals surface area contributed by atoms with E-state index in [0.29, 0.717) is 6.04 Å². The van der Waals surface area contributed by atoms with Crippen LogP contribution in [0, 0.1) is 12.3 Å². The smallest absolute Gasteiger partial charge is 0.120 e. The monoisotopic (exact) mass is 267 g/mol. The summed E-state index contributed by atoms with van der Waals surface area (Å²) in [5, 5.41) is 4.30. The van der Waals surface area contributed by atoms with Gasteiger partial charge >= 0.3 is 0 Å². The molecule has 1 aromatic rings. The zero-order chi connectivity index (χ0) is 13.3. The second kappa shape index (κ2) is 5.10. The first-order valence-corrected chi connectivity index (χ1v) is 6.99. The van der Waals surface area contributed by atoms with Crippen molar-refractivity contribution < 1.29 is 4.74 Å². The van der Waals surface area contributed by atoms with Crippen LogP contribution in [0.15, 0.2) is 18.2 Å². The van der Waals surface area contributed by atoms with Gasteiger partial charge in [0.1, 0.15) is 11.9 Å². The van der Waals surface area contributed by atoms with Crippen LogP contribution < -0.4 is 10.1 Å². The van der Waals surface area contributed by atoms with E-state index in [4.69, 9.17) is 16.3 Å². The number of benzene rings is 1. The number of halogens is 1. The van der Waals surface area contributed by atoms with Gasteiger partial charge in [0, 0.05) is 22.9 Å². The van der Waals surface area contributed by atoms with E-state index < -0.39 is 0 Å². The SMILES string of the molecule is CCNC1CC(Oc2ccc(Cl)c(C)c2)C1(C)C. The quantitative estimate of drug-likeness (QED) is 0.896. The Morgan fingerprint density at radius 1 is 1.44 bits per heavy atom. The maximum Gasteiger partial charge on any atom is 0.120 e. The Balaban J connectivity index is 2.01. The molecule has 1 aromatic carbocycles. The van der Waals surface area contributed by atoms with E-state index in [0.717, 1.165) is 29.3 Å². The van der Waals surface area contributed by atoms with E-state index in [1.54, 1.807) is 0 Å². The molecule has 1 aliphatic carbocycles. The van der Waals surface area contributed by atoms with E-state index in [1.807, 2.05) is 25.1 Å². The number of nitrogens with one attached hydrogen (secondary N) is 1. The summed E-state index contributed by atoms with van der Waals surface area (Å²) in [4.78, 5) is 0. The molecule has 2 atom stereocenters. The van der Waals surface area contributed by atoms with Gasteiger partial charge in [-0.3, -0.25) is 0 Å². The first-order chi connectivity index (χ1) is 8.45. The van der Waals surface area contributed by atoms with Gasteiger partial charge in [-0.2, -0.15) is 0 Å². The third kappa shape index (κ3) is 2.50. The van der Waals surface area contributed by atoms with Gasteiger partial charge in [-0.1, -0.05) is 32.4 Å². The van der Waals surface area contributed by atoms with Gasteiger partial charge in [0.05, 0.1) is 0 Å². The molecule has 1 fully saturated rings. The number of hydrogen-bond acceptors (Lipinski definition) is 2. The van der Waals surface area contributed by atoms with Gasteiger partial charge in [-0.15, -0.1) is 0 Å². The lowest BCUT2D eigenvalue weighted by Crippen LogP contribution is -2.62. The molecule has 2 nitrogen and oxygen atoms in total. The van der Waals surface area contributed by atoms with Gasteiger partial charge in [0.25, 0.3) is 0 Å². The highest BCUT2D eigenvalue weighted by Crippen LogP contribution is 2.43. The first kappa shape index (κ1) is 13.7. The van der Waals surface area contributed by atoms with E-state index in [9.17, 15) is 0 Å². The lowest BCUT2D eigenvalue weighted by molar-refractivity contribution is -0.0541. The molecule has 0 aromatic heterocycles. The van der Waals surface area contributed by atoms with Gasteiger partial charge in [0.2, 0.25) is 0 Å². The predicted octanol–water partition coefficient (Wildman–Crippen LogP) is 3.80. The van der Waals surface area contributed by atoms with Crippen molar-refractivity contribution in [2.75, 3.05) is 6.54 Å². The third-order valence-corrected chi connectivity index (χ3v) is 4.46. The van der Waals surface area contributed by atoms with Crippen LogP contribution in [0.5, 0.6) is 5.75 Å². The lowest BCUT2D eigenvalue weighted by Gasteiger charge is -2.51. The maximum absolute atomic E-state index is 6.08. The molecule has 2 unspecified atom stereocenters. The Morgan fingerprint density at radius 2 is 2.17 bits per heavy atom. The van der Waals surface area contributed by atoms with Crippen LogP contribution in [0.3, 0.4) is 0 Å². The van der Waals surface area contributed by atoms with Crippen molar-refractivity contribution in [3.63, 3.8) is 0 Å². The lowest BCUT2D eigenvalue weighted by atomic mass is 9.64. The predicted molar refractivity (Wildman–Crippen MR) is 76.5 cm³/mol. The van der Waals surface area contributed by atoms with E-state index >= 15 is 0 Å². The molecule has 0 heterocycles. The van der Waals surface area contributed by atoms with Crippen LogP contribution in [-0.4, -0.2) is 18.7 Å². The summed E-state index contributed by atoms with van der Waals surface area (Å²) >= 11 is 6.02. The Morgan fingerprint density at radius 3 is 2.72 bits per heavy atom. The second-order valence-corrected chi connectivity index (χ2v) is 6.09. The average molecular weight is 268 g/mol. The molecule has 2 rings (SSSR count). The molecule has 0 amide bonds. The summed E-state index contributed by atoms with van der Waals surface area (Å²) in [6.45, 7) is 9.69. The fourth-order valence-electron chi connectivity index (χ4n) is 2.53. The van der Waals surface area contributed by atoms with Gasteiger partial charge in [-0.05, 0) is 37.2 Å². The number of aryl methyl sites for hydroxylation is 1. The number of hydrogen-bond donors (Lipinski definition) is 1. The summed E-state index contributed by atoms with van der Waals surface area (Å²) in [5.74, 6) is 0.921. The normalized spacial score (nSPS) is 25.6. The minimum absolute atomic E-state index is 0.184. The molecule has 1 aliphatic rings. The van der Waals surface area contributed by atoms with Crippen molar-refractivity contribution in [1.82, 2.24) is 5.32 Å². The summed E-state index contributed by atoms with van der Waals surface area (Å²) in [6.07, 6.45) is 1.35. The second-order valence-electron chi connectivity index (χ2n) is 5.68. The van der Waals surface area contributed by atoms with Crippen LogP contribution >= 0.6 is 11.6 Å². The number of rotatable bonds is 4.